The van der Waals surface area contributed by atoms with Crippen LogP contribution in [-0.4, -0.2) is 38.6 Å². The molecule has 3 heterocycles. The number of pyridine rings is 2. The summed E-state index contributed by atoms with van der Waals surface area (Å²) >= 11 is 0. The summed E-state index contributed by atoms with van der Waals surface area (Å²) in [5, 5.41) is 12.8. The van der Waals surface area contributed by atoms with E-state index < -0.39 is 5.54 Å². The van der Waals surface area contributed by atoms with Crippen molar-refractivity contribution in [2.45, 2.75) is 56.9 Å². The number of hydrogen-bond acceptors (Lipinski definition) is 6. The maximum Gasteiger partial charge on any atom is 0.254 e. The molecule has 0 atom stereocenters. The Morgan fingerprint density at radius 2 is 1.48 bits per heavy atom. The summed E-state index contributed by atoms with van der Waals surface area (Å²) in [5.41, 5.74) is 2.12. The van der Waals surface area contributed by atoms with Crippen molar-refractivity contribution in [2.75, 3.05) is 6.54 Å². The predicted molar refractivity (Wildman–Crippen MR) is 151 cm³/mol. The number of aromatic nitrogens is 2. The molecule has 1 amide bonds. The van der Waals surface area contributed by atoms with Crippen LogP contribution in [0.5, 0.6) is 0 Å². The predicted octanol–water partition coefficient (Wildman–Crippen LogP) is 5.00. The molecule has 1 aromatic carbocycles. The number of carbonyl (C=O) groups is 2. The summed E-state index contributed by atoms with van der Waals surface area (Å²) in [5.74, 6) is 1.18. The number of nitriles is 1. The first-order valence-corrected chi connectivity index (χ1v) is 14.1. The Balaban J connectivity index is 1.40. The molecule has 7 nitrogen and oxygen atoms in total. The number of allylic oxidation sites excluding steroid dienone is 1. The van der Waals surface area contributed by atoms with Crippen LogP contribution in [0.25, 0.3) is 0 Å². The van der Waals surface area contributed by atoms with Crippen molar-refractivity contribution in [1.82, 2.24) is 20.2 Å². The number of fused-ring (bicyclic) bond motifs is 3. The third kappa shape index (κ3) is 5.14. The lowest BCUT2D eigenvalue weighted by Crippen LogP contribution is -2.52. The smallest absolute Gasteiger partial charge is 0.254 e. The maximum absolute atomic E-state index is 14.6. The topological polar surface area (TPSA) is 99.0 Å². The van der Waals surface area contributed by atoms with Crippen LogP contribution in [0.4, 0.5) is 0 Å². The normalized spacial score (nSPS) is 24.1. The van der Waals surface area contributed by atoms with Gasteiger partial charge in [-0.1, -0.05) is 0 Å². The number of amides is 1. The van der Waals surface area contributed by atoms with Gasteiger partial charge < -0.3 is 5.32 Å². The first kappa shape index (κ1) is 25.9. The Labute approximate surface area is 235 Å². The van der Waals surface area contributed by atoms with Gasteiger partial charge in [0.2, 0.25) is 0 Å². The minimum absolute atomic E-state index is 0.00192. The van der Waals surface area contributed by atoms with Crippen molar-refractivity contribution in [3.8, 4) is 6.07 Å². The van der Waals surface area contributed by atoms with E-state index >= 15 is 0 Å². The van der Waals surface area contributed by atoms with Crippen LogP contribution < -0.4 is 5.32 Å². The number of benzene rings is 1. The molecule has 2 aromatic heterocycles. The Kier molecular flexibility index (Phi) is 6.93. The van der Waals surface area contributed by atoms with Gasteiger partial charge in [0.1, 0.15) is 11.4 Å². The molecular formula is C33H33N5O2. The quantitative estimate of drug-likeness (QED) is 0.325. The van der Waals surface area contributed by atoms with Gasteiger partial charge in [-0.3, -0.25) is 24.5 Å². The second-order valence-electron chi connectivity index (χ2n) is 11.7. The molecule has 1 N–H and O–H groups in total. The fourth-order valence-electron chi connectivity index (χ4n) is 6.83. The minimum Gasteiger partial charge on any atom is -0.357 e. The summed E-state index contributed by atoms with van der Waals surface area (Å²) in [6.45, 7) is 0.618. The van der Waals surface area contributed by atoms with Crippen molar-refractivity contribution >= 4 is 11.7 Å². The van der Waals surface area contributed by atoms with E-state index in [0.717, 1.165) is 36.3 Å². The molecule has 7 heteroatoms. The standard InChI is InChI=1S/C33H33N5O2/c34-22-27-1-3-28(4-2-27)29(39)19-30-37-33(20-25-8-15-35-16-9-25,21-26-10-17-36-18-11-26)31(40)38(30)23-32-12-5-24(6-13-32)7-14-32/h1-4,8-11,15-19,24,37H,5-7,12-14,20-21,23H2/b30-19+. The highest BCUT2D eigenvalue weighted by Gasteiger charge is 2.52. The average Bonchev–Trinajstić information content (AvgIpc) is 3.23. The van der Waals surface area contributed by atoms with Gasteiger partial charge in [-0.25, -0.2) is 0 Å². The molecule has 1 saturated heterocycles. The van der Waals surface area contributed by atoms with Gasteiger partial charge in [-0.2, -0.15) is 5.26 Å². The van der Waals surface area contributed by atoms with Crippen LogP contribution in [0.2, 0.25) is 0 Å². The second-order valence-corrected chi connectivity index (χ2v) is 11.7. The Morgan fingerprint density at radius 3 is 2.00 bits per heavy atom. The molecule has 3 aliphatic carbocycles. The lowest BCUT2D eigenvalue weighted by Gasteiger charge is -2.48. The summed E-state index contributed by atoms with van der Waals surface area (Å²) in [4.78, 5) is 38.3. The van der Waals surface area contributed by atoms with Gasteiger partial charge in [0.05, 0.1) is 11.6 Å². The van der Waals surface area contributed by atoms with E-state index in [1.807, 2.05) is 29.2 Å². The minimum atomic E-state index is -0.956. The van der Waals surface area contributed by atoms with Gasteiger partial charge in [0, 0.05) is 55.8 Å². The van der Waals surface area contributed by atoms with Gasteiger partial charge in [-0.05, 0) is 110 Å². The molecule has 2 bridgehead atoms. The third-order valence-electron chi connectivity index (χ3n) is 9.13. The van der Waals surface area contributed by atoms with Crippen LogP contribution in [0, 0.1) is 22.7 Å². The van der Waals surface area contributed by atoms with Gasteiger partial charge >= 0.3 is 0 Å². The zero-order chi connectivity index (χ0) is 27.6. The second kappa shape index (κ2) is 10.7. The first-order chi connectivity index (χ1) is 19.5. The van der Waals surface area contributed by atoms with E-state index in [1.165, 1.54) is 19.3 Å². The molecule has 1 aliphatic heterocycles. The molecule has 0 unspecified atom stereocenters. The molecule has 0 radical (unpaired) electrons. The highest BCUT2D eigenvalue weighted by molar-refractivity contribution is 6.06. The number of hydrogen-bond donors (Lipinski definition) is 1. The van der Waals surface area contributed by atoms with Crippen molar-refractivity contribution < 1.29 is 9.59 Å². The zero-order valence-corrected chi connectivity index (χ0v) is 22.6. The van der Waals surface area contributed by atoms with Crippen LogP contribution in [0.15, 0.2) is 85.2 Å². The molecule has 3 aromatic rings. The molecule has 4 fully saturated rings. The highest BCUT2D eigenvalue weighted by Crippen LogP contribution is 2.51. The van der Waals surface area contributed by atoms with Crippen LogP contribution >= 0.6 is 0 Å². The summed E-state index contributed by atoms with van der Waals surface area (Å²) in [6.07, 6.45) is 16.5. The van der Waals surface area contributed by atoms with E-state index in [2.05, 4.69) is 21.4 Å². The first-order valence-electron chi connectivity index (χ1n) is 14.1. The molecule has 7 rings (SSSR count). The molecule has 0 spiro atoms. The average molecular weight is 532 g/mol. The lowest BCUT2D eigenvalue weighted by atomic mass is 9.60. The Bertz CT molecular complexity index is 1400. The summed E-state index contributed by atoms with van der Waals surface area (Å²) in [7, 11) is 0. The van der Waals surface area contributed by atoms with Gasteiger partial charge in [0.25, 0.3) is 5.91 Å². The Morgan fingerprint density at radius 1 is 0.925 bits per heavy atom. The maximum atomic E-state index is 14.6. The third-order valence-corrected chi connectivity index (χ3v) is 9.13. The van der Waals surface area contributed by atoms with Crippen molar-refractivity contribution in [2.24, 2.45) is 11.3 Å². The van der Waals surface area contributed by atoms with Crippen LogP contribution in [0.3, 0.4) is 0 Å². The number of carbonyl (C=O) groups excluding carboxylic acids is 2. The van der Waals surface area contributed by atoms with Gasteiger partial charge in [-0.15, -0.1) is 0 Å². The molecular weight excluding hydrogens is 498 g/mol. The fourth-order valence-corrected chi connectivity index (χ4v) is 6.83. The molecule has 40 heavy (non-hydrogen) atoms. The fraction of sp³-hybridized carbons (Fsp3) is 0.364. The van der Waals surface area contributed by atoms with Crippen molar-refractivity contribution in [1.29, 1.82) is 5.26 Å². The zero-order valence-electron chi connectivity index (χ0n) is 22.6. The SMILES string of the molecule is N#Cc1ccc(C(=O)/C=C2\NC(Cc3ccncc3)(Cc3ccncc3)C(=O)N2CC23CCC(CC2)CC3)cc1. The van der Waals surface area contributed by atoms with Gasteiger partial charge in [0.15, 0.2) is 5.78 Å². The molecule has 3 saturated carbocycles. The summed E-state index contributed by atoms with van der Waals surface area (Å²) < 4.78 is 0. The monoisotopic (exact) mass is 531 g/mol. The van der Waals surface area contributed by atoms with E-state index in [1.54, 1.807) is 55.1 Å². The lowest BCUT2D eigenvalue weighted by molar-refractivity contribution is -0.134. The molecule has 4 aliphatic rings. The van der Waals surface area contributed by atoms with Crippen LogP contribution in [-0.2, 0) is 17.6 Å². The number of nitrogens with one attached hydrogen (secondary N) is 1. The number of ketones is 1. The van der Waals surface area contributed by atoms with Crippen molar-refractivity contribution in [3.05, 3.63) is 107 Å². The van der Waals surface area contributed by atoms with E-state index in [4.69, 9.17) is 5.26 Å². The highest BCUT2D eigenvalue weighted by atomic mass is 16.2. The number of nitrogens with zero attached hydrogens (tertiary/aromatic N) is 4. The van der Waals surface area contributed by atoms with E-state index in [9.17, 15) is 9.59 Å². The molecule has 202 valence electrons. The Hall–Kier alpha value is -4.31. The summed E-state index contributed by atoms with van der Waals surface area (Å²) in [6, 6.07) is 16.5. The van der Waals surface area contributed by atoms with Crippen molar-refractivity contribution in [3.63, 3.8) is 0 Å². The largest absolute Gasteiger partial charge is 0.357 e. The number of rotatable bonds is 8. The van der Waals surface area contributed by atoms with E-state index in [-0.39, 0.29) is 17.1 Å². The van der Waals surface area contributed by atoms with E-state index in [0.29, 0.717) is 36.3 Å². The van der Waals surface area contributed by atoms with Crippen LogP contribution in [0.1, 0.15) is 65.6 Å².